The van der Waals surface area contributed by atoms with E-state index in [9.17, 15) is 18.0 Å². The topological polar surface area (TPSA) is 95.6 Å². The van der Waals surface area contributed by atoms with Gasteiger partial charge in [0.2, 0.25) is 15.9 Å². The Morgan fingerprint density at radius 2 is 1.47 bits per heavy atom. The number of aryl methyl sites for hydroxylation is 2. The van der Waals surface area contributed by atoms with Gasteiger partial charge in [0.05, 0.1) is 11.9 Å². The second-order valence-corrected chi connectivity index (χ2v) is 12.5. The summed E-state index contributed by atoms with van der Waals surface area (Å²) in [6.07, 6.45) is 1.37. The highest BCUT2D eigenvalue weighted by atomic mass is 32.2. The lowest BCUT2D eigenvalue weighted by atomic mass is 9.87. The summed E-state index contributed by atoms with van der Waals surface area (Å²) >= 11 is 0. The van der Waals surface area contributed by atoms with Crippen LogP contribution in [0.15, 0.2) is 66.7 Å². The highest BCUT2D eigenvalue weighted by Crippen LogP contribution is 2.26. The monoisotopic (exact) mass is 535 g/mol. The van der Waals surface area contributed by atoms with E-state index >= 15 is 0 Å². The summed E-state index contributed by atoms with van der Waals surface area (Å²) < 4.78 is 26.7. The van der Waals surface area contributed by atoms with Crippen molar-refractivity contribution in [1.29, 1.82) is 0 Å². The van der Waals surface area contributed by atoms with Crippen molar-refractivity contribution in [1.82, 2.24) is 0 Å². The number of nitrogens with zero attached hydrogens (tertiary/aromatic N) is 1. The molecule has 0 unspecified atom stereocenters. The summed E-state index contributed by atoms with van der Waals surface area (Å²) in [6, 6.07) is 18.6. The molecule has 2 amide bonds. The quantitative estimate of drug-likeness (QED) is 0.368. The molecule has 0 aliphatic rings. The smallest absolute Gasteiger partial charge is 0.255 e. The SMILES string of the molecule is CC[C@H](C(=O)Nc1cccc(NC(=O)c2ccc(C(C)(C)C)cc2)c1)N(c1ccc(C)c(C)c1)S(C)(=O)=O. The maximum absolute atomic E-state index is 13.3. The second-order valence-electron chi connectivity index (χ2n) is 10.6. The van der Waals surface area contributed by atoms with Gasteiger partial charge >= 0.3 is 0 Å². The van der Waals surface area contributed by atoms with E-state index in [1.165, 1.54) is 4.31 Å². The predicted molar refractivity (Wildman–Crippen MR) is 155 cm³/mol. The largest absolute Gasteiger partial charge is 0.324 e. The van der Waals surface area contributed by atoms with Gasteiger partial charge < -0.3 is 10.6 Å². The molecule has 0 fully saturated rings. The van der Waals surface area contributed by atoms with Crippen LogP contribution in [0.4, 0.5) is 17.1 Å². The van der Waals surface area contributed by atoms with E-state index in [1.54, 1.807) is 55.5 Å². The van der Waals surface area contributed by atoms with Crippen LogP contribution in [-0.4, -0.2) is 32.5 Å². The number of rotatable bonds is 8. The maximum Gasteiger partial charge on any atom is 0.255 e. The molecule has 38 heavy (non-hydrogen) atoms. The molecule has 7 nitrogen and oxygen atoms in total. The fourth-order valence-electron chi connectivity index (χ4n) is 4.15. The van der Waals surface area contributed by atoms with Crippen molar-refractivity contribution >= 4 is 38.9 Å². The Hall–Kier alpha value is -3.65. The van der Waals surface area contributed by atoms with Crippen LogP contribution in [0, 0.1) is 13.8 Å². The fraction of sp³-hybridized carbons (Fsp3) is 0.333. The van der Waals surface area contributed by atoms with Gasteiger partial charge in [-0.15, -0.1) is 0 Å². The van der Waals surface area contributed by atoms with Crippen molar-refractivity contribution in [2.24, 2.45) is 0 Å². The third kappa shape index (κ3) is 7.01. The molecule has 0 saturated carbocycles. The summed E-state index contributed by atoms with van der Waals surface area (Å²) in [7, 11) is -3.75. The van der Waals surface area contributed by atoms with Gasteiger partial charge in [-0.3, -0.25) is 13.9 Å². The molecule has 0 saturated heterocycles. The van der Waals surface area contributed by atoms with E-state index in [0.29, 0.717) is 22.6 Å². The van der Waals surface area contributed by atoms with Gasteiger partial charge in [-0.2, -0.15) is 0 Å². The molecule has 0 aliphatic carbocycles. The molecular formula is C30H37N3O4S. The molecule has 3 aromatic carbocycles. The number of hydrogen-bond donors (Lipinski definition) is 2. The third-order valence-corrected chi connectivity index (χ3v) is 7.66. The minimum Gasteiger partial charge on any atom is -0.324 e. The summed E-state index contributed by atoms with van der Waals surface area (Å²) in [6.45, 7) is 12.0. The molecule has 0 bridgehead atoms. The molecule has 1 atom stereocenters. The number of sulfonamides is 1. The first-order valence-electron chi connectivity index (χ1n) is 12.6. The lowest BCUT2D eigenvalue weighted by Crippen LogP contribution is -2.47. The maximum atomic E-state index is 13.3. The number of benzene rings is 3. The zero-order valence-corrected chi connectivity index (χ0v) is 23.9. The highest BCUT2D eigenvalue weighted by molar-refractivity contribution is 7.92. The Morgan fingerprint density at radius 3 is 2.00 bits per heavy atom. The van der Waals surface area contributed by atoms with Gasteiger partial charge in [-0.25, -0.2) is 8.42 Å². The van der Waals surface area contributed by atoms with Gasteiger partial charge in [0.1, 0.15) is 6.04 Å². The fourth-order valence-corrected chi connectivity index (χ4v) is 5.35. The van der Waals surface area contributed by atoms with Crippen LogP contribution in [0.3, 0.4) is 0 Å². The number of anilines is 3. The first kappa shape index (κ1) is 28.9. The van der Waals surface area contributed by atoms with Crippen molar-refractivity contribution in [3.8, 4) is 0 Å². The summed E-state index contributed by atoms with van der Waals surface area (Å²) in [5.74, 6) is -0.726. The van der Waals surface area contributed by atoms with Crippen LogP contribution < -0.4 is 14.9 Å². The number of amides is 2. The van der Waals surface area contributed by atoms with Crippen LogP contribution in [0.25, 0.3) is 0 Å². The van der Waals surface area contributed by atoms with Crippen molar-refractivity contribution in [2.75, 3.05) is 21.2 Å². The van der Waals surface area contributed by atoms with E-state index in [4.69, 9.17) is 0 Å². The zero-order chi connectivity index (χ0) is 28.3. The van der Waals surface area contributed by atoms with E-state index in [0.717, 1.165) is 22.9 Å². The molecule has 0 aromatic heterocycles. The lowest BCUT2D eigenvalue weighted by Gasteiger charge is -2.30. The van der Waals surface area contributed by atoms with Crippen LogP contribution >= 0.6 is 0 Å². The minimum atomic E-state index is -3.75. The van der Waals surface area contributed by atoms with E-state index < -0.39 is 22.0 Å². The van der Waals surface area contributed by atoms with E-state index in [1.807, 2.05) is 32.0 Å². The molecular weight excluding hydrogens is 498 g/mol. The summed E-state index contributed by atoms with van der Waals surface area (Å²) in [5, 5.41) is 5.68. The zero-order valence-electron chi connectivity index (χ0n) is 23.1. The molecule has 8 heteroatoms. The van der Waals surface area contributed by atoms with Crippen molar-refractivity contribution in [3.63, 3.8) is 0 Å². The van der Waals surface area contributed by atoms with Crippen LogP contribution in [0.5, 0.6) is 0 Å². The molecule has 3 rings (SSSR count). The molecule has 202 valence electrons. The van der Waals surface area contributed by atoms with Gasteiger partial charge in [0.15, 0.2) is 0 Å². The normalized spacial score (nSPS) is 12.5. The number of nitrogens with one attached hydrogen (secondary N) is 2. The van der Waals surface area contributed by atoms with Gasteiger partial charge in [0, 0.05) is 16.9 Å². The number of hydrogen-bond acceptors (Lipinski definition) is 4. The Bertz CT molecular complexity index is 1420. The van der Waals surface area contributed by atoms with Crippen molar-refractivity contribution in [3.05, 3.63) is 89.0 Å². The standard InChI is InChI=1S/C30H37N3O4S/c1-8-27(33(38(7,36)37)26-17-12-20(2)21(3)18-26)29(35)32-25-11-9-10-24(19-25)31-28(34)22-13-15-23(16-14-22)30(4,5)6/h9-19,27H,8H2,1-7H3,(H,31,34)(H,32,35)/t27-/m1/s1. The van der Waals surface area contributed by atoms with Crippen LogP contribution in [0.1, 0.15) is 61.2 Å². The Labute approximate surface area is 226 Å². The third-order valence-electron chi connectivity index (χ3n) is 6.48. The van der Waals surface area contributed by atoms with Crippen molar-refractivity contribution in [2.45, 2.75) is 59.4 Å². The van der Waals surface area contributed by atoms with Gasteiger partial charge in [-0.1, -0.05) is 52.0 Å². The first-order valence-corrected chi connectivity index (χ1v) is 14.4. The van der Waals surface area contributed by atoms with Crippen molar-refractivity contribution < 1.29 is 18.0 Å². The minimum absolute atomic E-state index is 0.0110. The molecule has 2 N–H and O–H groups in total. The molecule has 3 aromatic rings. The number of carbonyl (C=O) groups excluding carboxylic acids is 2. The summed E-state index contributed by atoms with van der Waals surface area (Å²) in [5.41, 5.74) is 5.01. The molecule has 0 aliphatic heterocycles. The molecule has 0 heterocycles. The van der Waals surface area contributed by atoms with E-state index in [2.05, 4.69) is 31.4 Å². The average molecular weight is 536 g/mol. The average Bonchev–Trinajstić information content (AvgIpc) is 2.83. The van der Waals surface area contributed by atoms with Crippen LogP contribution in [0.2, 0.25) is 0 Å². The lowest BCUT2D eigenvalue weighted by molar-refractivity contribution is -0.117. The van der Waals surface area contributed by atoms with Gasteiger partial charge in [0.25, 0.3) is 5.91 Å². The Kier molecular flexibility index (Phi) is 8.67. The van der Waals surface area contributed by atoms with E-state index in [-0.39, 0.29) is 17.7 Å². The molecule has 0 radical (unpaired) electrons. The Balaban J connectivity index is 1.79. The molecule has 0 spiro atoms. The van der Waals surface area contributed by atoms with Crippen LogP contribution in [-0.2, 0) is 20.2 Å². The summed E-state index contributed by atoms with van der Waals surface area (Å²) in [4.78, 5) is 26.1. The Morgan fingerprint density at radius 1 is 0.868 bits per heavy atom. The highest BCUT2D eigenvalue weighted by Gasteiger charge is 2.31. The number of carbonyl (C=O) groups is 2. The van der Waals surface area contributed by atoms with Gasteiger partial charge in [-0.05, 0) is 84.8 Å². The first-order chi connectivity index (χ1) is 17.7. The second kappa shape index (κ2) is 11.4. The predicted octanol–water partition coefficient (Wildman–Crippen LogP) is 6.04.